The van der Waals surface area contributed by atoms with Gasteiger partial charge in [0, 0.05) is 0 Å². The molecule has 0 nitrogen and oxygen atoms in total. The Morgan fingerprint density at radius 3 is 2.67 bits per heavy atom. The van der Waals surface area contributed by atoms with Crippen molar-refractivity contribution < 1.29 is 0 Å². The summed E-state index contributed by atoms with van der Waals surface area (Å²) in [7, 11) is 0. The predicted molar refractivity (Wildman–Crippen MR) is 80.5 cm³/mol. The smallest absolute Gasteiger partial charge is 0.0177 e. The summed E-state index contributed by atoms with van der Waals surface area (Å²) in [5, 5.41) is 0. The molecule has 0 heteroatoms. The van der Waals surface area contributed by atoms with Crippen molar-refractivity contribution in [2.24, 2.45) is 29.1 Å². The second-order valence-electron chi connectivity index (χ2n) is 7.57. The Morgan fingerprint density at radius 2 is 1.94 bits per heavy atom. The van der Waals surface area contributed by atoms with Gasteiger partial charge in [-0.2, -0.15) is 0 Å². The summed E-state index contributed by atoms with van der Waals surface area (Å²) in [5.74, 6) is 3.69. The van der Waals surface area contributed by atoms with Crippen molar-refractivity contribution in [2.75, 3.05) is 0 Å². The molecule has 0 radical (unpaired) electrons. The van der Waals surface area contributed by atoms with E-state index in [-0.39, 0.29) is 0 Å². The lowest BCUT2D eigenvalue weighted by Gasteiger charge is -2.41. The Labute approximate surface area is 114 Å². The van der Waals surface area contributed by atoms with Crippen molar-refractivity contribution in [3.05, 3.63) is 12.2 Å². The van der Waals surface area contributed by atoms with Crippen molar-refractivity contribution in [3.8, 4) is 0 Å². The van der Waals surface area contributed by atoms with Crippen LogP contribution in [0, 0.1) is 29.1 Å². The van der Waals surface area contributed by atoms with E-state index >= 15 is 0 Å². The van der Waals surface area contributed by atoms with Crippen LogP contribution in [0.15, 0.2) is 12.2 Å². The fourth-order valence-electron chi connectivity index (χ4n) is 4.62. The van der Waals surface area contributed by atoms with E-state index in [1.54, 1.807) is 0 Å². The maximum Gasteiger partial charge on any atom is -0.0177 e. The van der Waals surface area contributed by atoms with Crippen LogP contribution in [0.5, 0.6) is 0 Å². The average molecular weight is 248 g/mol. The third-order valence-corrected chi connectivity index (χ3v) is 5.83. The fourth-order valence-corrected chi connectivity index (χ4v) is 4.62. The Kier molecular flexibility index (Phi) is 4.56. The molecule has 0 aromatic carbocycles. The lowest BCUT2D eigenvalue weighted by Crippen LogP contribution is -2.33. The van der Waals surface area contributed by atoms with Crippen LogP contribution in [0.25, 0.3) is 0 Å². The van der Waals surface area contributed by atoms with Crippen LogP contribution in [0.1, 0.15) is 72.6 Å². The van der Waals surface area contributed by atoms with Crippen LogP contribution in [0.3, 0.4) is 0 Å². The van der Waals surface area contributed by atoms with Crippen LogP contribution in [-0.4, -0.2) is 0 Å². The maximum atomic E-state index is 2.58. The van der Waals surface area contributed by atoms with Crippen molar-refractivity contribution >= 4 is 0 Å². The maximum absolute atomic E-state index is 2.58. The minimum Gasteiger partial charge on any atom is -0.0882 e. The van der Waals surface area contributed by atoms with Crippen molar-refractivity contribution in [1.82, 2.24) is 0 Å². The van der Waals surface area contributed by atoms with E-state index < -0.39 is 0 Å². The number of hydrogen-bond donors (Lipinski definition) is 0. The minimum absolute atomic E-state index is 0.631. The number of fused-ring (bicyclic) bond motifs is 1. The first kappa shape index (κ1) is 14.2. The molecule has 0 bridgehead atoms. The highest BCUT2D eigenvalue weighted by Gasteiger charge is 2.47. The topological polar surface area (TPSA) is 0 Å². The zero-order chi connectivity index (χ0) is 13.2. The molecule has 2 rings (SSSR count). The molecule has 0 amide bonds. The molecule has 1 saturated carbocycles. The third kappa shape index (κ3) is 2.83. The molecule has 0 saturated heterocycles. The molecule has 104 valence electrons. The summed E-state index contributed by atoms with van der Waals surface area (Å²) >= 11 is 0. The Bertz CT molecular complexity index is 288. The van der Waals surface area contributed by atoms with Crippen molar-refractivity contribution in [2.45, 2.75) is 72.6 Å². The molecule has 0 aromatic rings. The van der Waals surface area contributed by atoms with Gasteiger partial charge in [-0.3, -0.25) is 0 Å². The van der Waals surface area contributed by atoms with E-state index in [9.17, 15) is 0 Å². The van der Waals surface area contributed by atoms with Gasteiger partial charge in [-0.15, -0.1) is 0 Å². The molecule has 0 unspecified atom stereocenters. The summed E-state index contributed by atoms with van der Waals surface area (Å²) < 4.78 is 0. The van der Waals surface area contributed by atoms with Gasteiger partial charge in [0.15, 0.2) is 0 Å². The highest BCUT2D eigenvalue weighted by Crippen LogP contribution is 2.56. The summed E-state index contributed by atoms with van der Waals surface area (Å²) in [4.78, 5) is 0. The van der Waals surface area contributed by atoms with Gasteiger partial charge < -0.3 is 0 Å². The van der Waals surface area contributed by atoms with Gasteiger partial charge in [-0.25, -0.2) is 0 Å². The van der Waals surface area contributed by atoms with Crippen molar-refractivity contribution in [3.63, 3.8) is 0 Å². The number of rotatable bonds is 5. The van der Waals surface area contributed by atoms with Gasteiger partial charge in [0.1, 0.15) is 0 Å². The molecule has 0 aromatic heterocycles. The summed E-state index contributed by atoms with van der Waals surface area (Å²) in [5.41, 5.74) is 0.631. The standard InChI is InChI=1S/C18H32/c1-14(2)8-7-9-15(3)17-12-11-16-10-5-6-13-18(16,17)4/h5,10,14-17H,6-9,11-13H2,1-4H3/t15-,16-,17-,18+/m1/s1. The fraction of sp³-hybridized carbons (Fsp3) is 0.889. The minimum atomic E-state index is 0.631. The zero-order valence-corrected chi connectivity index (χ0v) is 12.9. The zero-order valence-electron chi connectivity index (χ0n) is 12.9. The van der Waals surface area contributed by atoms with Crippen LogP contribution in [0.2, 0.25) is 0 Å². The quantitative estimate of drug-likeness (QED) is 0.537. The van der Waals surface area contributed by atoms with Crippen LogP contribution < -0.4 is 0 Å². The molecule has 1 fully saturated rings. The number of hydrogen-bond acceptors (Lipinski definition) is 0. The normalized spacial score (nSPS) is 36.9. The van der Waals surface area contributed by atoms with E-state index in [0.717, 1.165) is 23.7 Å². The van der Waals surface area contributed by atoms with Crippen LogP contribution in [-0.2, 0) is 0 Å². The van der Waals surface area contributed by atoms with Crippen LogP contribution in [0.4, 0.5) is 0 Å². The van der Waals surface area contributed by atoms with E-state index in [2.05, 4.69) is 39.8 Å². The van der Waals surface area contributed by atoms with Gasteiger partial charge in [0.05, 0.1) is 0 Å². The summed E-state index contributed by atoms with van der Waals surface area (Å²) in [6.07, 6.45) is 15.0. The lowest BCUT2D eigenvalue weighted by atomic mass is 9.64. The van der Waals surface area contributed by atoms with E-state index in [1.807, 2.05) is 0 Å². The third-order valence-electron chi connectivity index (χ3n) is 5.83. The predicted octanol–water partition coefficient (Wildman–Crippen LogP) is 5.83. The monoisotopic (exact) mass is 248 g/mol. The van der Waals surface area contributed by atoms with Gasteiger partial charge >= 0.3 is 0 Å². The lowest BCUT2D eigenvalue weighted by molar-refractivity contribution is 0.111. The Morgan fingerprint density at radius 1 is 1.17 bits per heavy atom. The highest BCUT2D eigenvalue weighted by molar-refractivity contribution is 5.09. The average Bonchev–Trinajstić information content (AvgIpc) is 2.65. The molecule has 0 N–H and O–H groups in total. The Balaban J connectivity index is 1.90. The molecule has 2 aliphatic rings. The van der Waals surface area contributed by atoms with Crippen molar-refractivity contribution in [1.29, 1.82) is 0 Å². The summed E-state index contributed by atoms with van der Waals surface area (Å²) in [6, 6.07) is 0. The van der Waals surface area contributed by atoms with Gasteiger partial charge in [0.2, 0.25) is 0 Å². The van der Waals surface area contributed by atoms with Gasteiger partial charge in [0.25, 0.3) is 0 Å². The van der Waals surface area contributed by atoms with Crippen LogP contribution >= 0.6 is 0 Å². The number of allylic oxidation sites excluding steroid dienone is 2. The van der Waals surface area contributed by atoms with Gasteiger partial charge in [-0.1, -0.05) is 59.1 Å². The highest BCUT2D eigenvalue weighted by atomic mass is 14.5. The molecule has 4 atom stereocenters. The molecular weight excluding hydrogens is 216 g/mol. The molecular formula is C18H32. The molecule has 0 heterocycles. The molecule has 18 heavy (non-hydrogen) atoms. The summed E-state index contributed by atoms with van der Waals surface area (Å²) in [6.45, 7) is 9.81. The largest absolute Gasteiger partial charge is 0.0882 e. The molecule has 2 aliphatic carbocycles. The Hall–Kier alpha value is -0.260. The molecule has 0 aliphatic heterocycles. The first-order valence-electron chi connectivity index (χ1n) is 8.20. The second kappa shape index (κ2) is 5.80. The first-order valence-corrected chi connectivity index (χ1v) is 8.20. The molecule has 0 spiro atoms. The van der Waals surface area contributed by atoms with E-state index in [1.165, 1.54) is 44.9 Å². The van der Waals surface area contributed by atoms with E-state index in [0.29, 0.717) is 5.41 Å². The van der Waals surface area contributed by atoms with E-state index in [4.69, 9.17) is 0 Å². The SMILES string of the molecule is CC(C)CCC[C@@H](C)[C@H]1CC[C@H]2C=CCC[C@@]21C. The first-order chi connectivity index (χ1) is 8.54. The second-order valence-corrected chi connectivity index (χ2v) is 7.57. The van der Waals surface area contributed by atoms with Gasteiger partial charge in [-0.05, 0) is 54.8 Å².